The Morgan fingerprint density at radius 2 is 1.82 bits per heavy atom. The predicted molar refractivity (Wildman–Crippen MR) is 118 cm³/mol. The number of nitrogens with zero attached hydrogens (tertiary/aromatic N) is 3. The molecule has 1 aromatic heterocycles. The highest BCUT2D eigenvalue weighted by molar-refractivity contribution is 7.93. The lowest BCUT2D eigenvalue weighted by Crippen LogP contribution is -2.57. The molecule has 0 unspecified atom stereocenters. The highest BCUT2D eigenvalue weighted by atomic mass is 32.2. The van der Waals surface area contributed by atoms with Crippen LogP contribution in [-0.2, 0) is 21.1 Å². The predicted octanol–water partition coefficient (Wildman–Crippen LogP) is 2.87. The number of sulfone groups is 1. The number of hydrogen-bond acceptors (Lipinski definition) is 7. The Labute approximate surface area is 191 Å². The van der Waals surface area contributed by atoms with E-state index in [1.54, 1.807) is 17.6 Å². The molecule has 1 amide bonds. The van der Waals surface area contributed by atoms with E-state index in [0.717, 1.165) is 13.5 Å². The van der Waals surface area contributed by atoms with Gasteiger partial charge in [0.1, 0.15) is 0 Å². The Balaban J connectivity index is 1.82. The normalized spacial score (nSPS) is 17.0. The molecular formula is C22H28F2N4O4S. The molecule has 1 fully saturated rings. The maximum absolute atomic E-state index is 13.5. The summed E-state index contributed by atoms with van der Waals surface area (Å²) in [5.41, 5.74) is 3.04. The van der Waals surface area contributed by atoms with E-state index in [-0.39, 0.29) is 30.6 Å². The van der Waals surface area contributed by atoms with Crippen LogP contribution < -0.4 is 5.48 Å². The number of amides is 1. The van der Waals surface area contributed by atoms with E-state index in [9.17, 15) is 27.2 Å². The molecule has 0 spiro atoms. The van der Waals surface area contributed by atoms with Crippen molar-refractivity contribution in [3.63, 3.8) is 0 Å². The molecule has 0 saturated carbocycles. The van der Waals surface area contributed by atoms with Gasteiger partial charge >= 0.3 is 0 Å². The van der Waals surface area contributed by atoms with Crippen LogP contribution in [0.25, 0.3) is 11.3 Å². The summed E-state index contributed by atoms with van der Waals surface area (Å²) in [6.45, 7) is 4.40. The molecule has 180 valence electrons. The van der Waals surface area contributed by atoms with Gasteiger partial charge < -0.3 is 4.90 Å². The Hall–Kier alpha value is -2.50. The van der Waals surface area contributed by atoms with Gasteiger partial charge in [-0.15, -0.1) is 0 Å². The highest BCUT2D eigenvalue weighted by Gasteiger charge is 2.52. The number of nitrogens with one attached hydrogen (secondary N) is 1. The second-order valence-corrected chi connectivity index (χ2v) is 10.6. The number of carbonyl (C=O) groups excluding carboxylic acids is 1. The minimum absolute atomic E-state index is 0.0328. The Bertz CT molecular complexity index is 1060. The molecule has 1 saturated heterocycles. The third-order valence-corrected chi connectivity index (χ3v) is 8.64. The number of aryl methyl sites for hydroxylation is 1. The summed E-state index contributed by atoms with van der Waals surface area (Å²) < 4.78 is 51.2. The fourth-order valence-electron chi connectivity index (χ4n) is 3.96. The average Bonchev–Trinajstić information content (AvgIpc) is 2.82. The molecule has 1 aliphatic rings. The van der Waals surface area contributed by atoms with Crippen LogP contribution in [0.5, 0.6) is 0 Å². The molecular weight excluding hydrogens is 454 g/mol. The van der Waals surface area contributed by atoms with Gasteiger partial charge in [-0.25, -0.2) is 22.7 Å². The topological polar surface area (TPSA) is 112 Å². The zero-order valence-corrected chi connectivity index (χ0v) is 19.4. The van der Waals surface area contributed by atoms with Crippen LogP contribution in [0, 0.1) is 0 Å². The molecule has 1 aliphatic heterocycles. The quantitative estimate of drug-likeness (QED) is 0.439. The second kappa shape index (κ2) is 9.78. The number of benzene rings is 1. The van der Waals surface area contributed by atoms with Gasteiger partial charge in [0.25, 0.3) is 5.91 Å². The van der Waals surface area contributed by atoms with Gasteiger partial charge in [0.2, 0.25) is 5.92 Å². The second-order valence-electron chi connectivity index (χ2n) is 8.36. The highest BCUT2D eigenvalue weighted by Crippen LogP contribution is 2.36. The SMILES string of the molecule is CCN1CCC(C(=O)NO)(S(=O)(=O)c2ccc(-c3cnc(CCC(C)(F)F)cn3)cc2)CC1. The van der Waals surface area contributed by atoms with Crippen LogP contribution >= 0.6 is 0 Å². The molecule has 1 aromatic carbocycles. The Morgan fingerprint density at radius 3 is 2.30 bits per heavy atom. The van der Waals surface area contributed by atoms with E-state index < -0.39 is 26.4 Å². The number of alkyl halides is 2. The summed E-state index contributed by atoms with van der Waals surface area (Å²) >= 11 is 0. The maximum atomic E-state index is 13.5. The lowest BCUT2D eigenvalue weighted by molar-refractivity contribution is -0.133. The number of hydrogen-bond donors (Lipinski definition) is 2. The molecule has 11 heteroatoms. The van der Waals surface area contributed by atoms with Gasteiger partial charge in [-0.2, -0.15) is 0 Å². The third-order valence-electron chi connectivity index (χ3n) is 6.13. The number of likely N-dealkylation sites (tertiary alicyclic amines) is 1. The summed E-state index contributed by atoms with van der Waals surface area (Å²) in [7, 11) is -4.10. The largest absolute Gasteiger partial charge is 0.303 e. The Kier molecular flexibility index (Phi) is 7.45. The minimum Gasteiger partial charge on any atom is -0.303 e. The van der Waals surface area contributed by atoms with Gasteiger partial charge in [0.15, 0.2) is 14.6 Å². The molecule has 0 radical (unpaired) electrons. The molecule has 0 aliphatic carbocycles. The number of aromatic nitrogens is 2. The van der Waals surface area contributed by atoms with Crippen LogP contribution in [0.1, 0.15) is 38.8 Å². The third kappa shape index (κ3) is 5.36. The zero-order chi connectivity index (χ0) is 24.3. The molecule has 33 heavy (non-hydrogen) atoms. The molecule has 2 N–H and O–H groups in total. The standard InChI is InChI=1S/C22H28F2N4O4S/c1-3-28-12-10-22(11-13-28,20(29)27-30)33(31,32)18-6-4-16(5-7-18)19-15-25-17(14-26-19)8-9-21(2,23)24/h4-7,14-15,30H,3,8-13H2,1-2H3,(H,27,29). The van der Waals surface area contributed by atoms with E-state index in [2.05, 4.69) is 9.97 Å². The first-order valence-electron chi connectivity index (χ1n) is 10.7. The number of hydroxylamine groups is 1. The fraction of sp³-hybridized carbons (Fsp3) is 0.500. The molecule has 2 aromatic rings. The number of carbonyl (C=O) groups is 1. The van der Waals surface area contributed by atoms with E-state index in [0.29, 0.717) is 30.0 Å². The molecule has 2 heterocycles. The van der Waals surface area contributed by atoms with Gasteiger partial charge in [-0.05, 0) is 44.9 Å². The lowest BCUT2D eigenvalue weighted by atomic mass is 9.95. The number of rotatable bonds is 8. The van der Waals surface area contributed by atoms with E-state index >= 15 is 0 Å². The van der Waals surface area contributed by atoms with Crippen LogP contribution in [0.4, 0.5) is 8.78 Å². The van der Waals surface area contributed by atoms with Crippen molar-refractivity contribution in [2.24, 2.45) is 0 Å². The summed E-state index contributed by atoms with van der Waals surface area (Å²) in [4.78, 5) is 22.9. The van der Waals surface area contributed by atoms with E-state index in [1.165, 1.54) is 24.5 Å². The lowest BCUT2D eigenvalue weighted by Gasteiger charge is -2.39. The summed E-state index contributed by atoms with van der Waals surface area (Å²) in [6.07, 6.45) is 2.79. The smallest absolute Gasteiger partial charge is 0.265 e. The van der Waals surface area contributed by atoms with Gasteiger partial charge in [-0.3, -0.25) is 20.0 Å². The monoisotopic (exact) mass is 482 g/mol. The summed E-state index contributed by atoms with van der Waals surface area (Å²) in [5, 5.41) is 9.25. The fourth-order valence-corrected chi connectivity index (χ4v) is 5.92. The maximum Gasteiger partial charge on any atom is 0.265 e. The van der Waals surface area contributed by atoms with Crippen molar-refractivity contribution in [3.8, 4) is 11.3 Å². The van der Waals surface area contributed by atoms with Crippen molar-refractivity contribution in [1.29, 1.82) is 0 Å². The van der Waals surface area contributed by atoms with Crippen LogP contribution in [-0.4, -0.2) is 64.7 Å². The van der Waals surface area contributed by atoms with Gasteiger partial charge in [0.05, 0.1) is 22.5 Å². The van der Waals surface area contributed by atoms with Gasteiger partial charge in [0, 0.05) is 31.3 Å². The van der Waals surface area contributed by atoms with Crippen molar-refractivity contribution < 1.29 is 27.2 Å². The van der Waals surface area contributed by atoms with E-state index in [1.807, 2.05) is 11.8 Å². The van der Waals surface area contributed by atoms with Crippen molar-refractivity contribution in [2.75, 3.05) is 19.6 Å². The zero-order valence-electron chi connectivity index (χ0n) is 18.6. The van der Waals surface area contributed by atoms with Crippen LogP contribution in [0.3, 0.4) is 0 Å². The first-order chi connectivity index (χ1) is 15.5. The first-order valence-corrected chi connectivity index (χ1v) is 12.2. The van der Waals surface area contributed by atoms with Crippen molar-refractivity contribution >= 4 is 15.7 Å². The van der Waals surface area contributed by atoms with Gasteiger partial charge in [-0.1, -0.05) is 19.1 Å². The van der Waals surface area contributed by atoms with Crippen molar-refractivity contribution in [1.82, 2.24) is 20.3 Å². The van der Waals surface area contributed by atoms with Crippen molar-refractivity contribution in [2.45, 2.75) is 55.1 Å². The Morgan fingerprint density at radius 1 is 1.18 bits per heavy atom. The first kappa shape index (κ1) is 25.1. The molecule has 8 nitrogen and oxygen atoms in total. The summed E-state index contributed by atoms with van der Waals surface area (Å²) in [6, 6.07) is 5.91. The van der Waals surface area contributed by atoms with Crippen LogP contribution in [0.15, 0.2) is 41.6 Å². The number of halogens is 2. The summed E-state index contributed by atoms with van der Waals surface area (Å²) in [5.74, 6) is -3.71. The number of piperidine rings is 1. The van der Waals surface area contributed by atoms with Crippen LogP contribution in [0.2, 0.25) is 0 Å². The molecule has 3 rings (SSSR count). The minimum atomic E-state index is -4.10. The average molecular weight is 483 g/mol. The van der Waals surface area contributed by atoms with E-state index in [4.69, 9.17) is 0 Å². The molecule has 0 bridgehead atoms. The molecule has 0 atom stereocenters. The van der Waals surface area contributed by atoms with Crippen molar-refractivity contribution in [3.05, 3.63) is 42.4 Å².